The van der Waals surface area contributed by atoms with Crippen molar-refractivity contribution < 1.29 is 9.53 Å². The van der Waals surface area contributed by atoms with Crippen LogP contribution in [0.2, 0.25) is 0 Å². The van der Waals surface area contributed by atoms with Crippen LogP contribution >= 0.6 is 0 Å². The minimum absolute atomic E-state index is 0.116. The lowest BCUT2D eigenvalue weighted by Crippen LogP contribution is -2.09. The van der Waals surface area contributed by atoms with E-state index in [9.17, 15) is 4.79 Å². The van der Waals surface area contributed by atoms with E-state index in [1.165, 1.54) is 64.2 Å². The molecule has 0 heterocycles. The highest BCUT2D eigenvalue weighted by Gasteiger charge is 2.11. The summed E-state index contributed by atoms with van der Waals surface area (Å²) in [4.78, 5) is 11.8. The molecule has 0 spiro atoms. The van der Waals surface area contributed by atoms with E-state index >= 15 is 0 Å². The van der Waals surface area contributed by atoms with E-state index in [1.807, 2.05) is 20.8 Å². The van der Waals surface area contributed by atoms with E-state index in [0.717, 1.165) is 24.0 Å². The maximum Gasteiger partial charge on any atom is 0.333 e. The van der Waals surface area contributed by atoms with Crippen LogP contribution in [0.25, 0.3) is 0 Å². The molecule has 0 aliphatic heterocycles. The number of carbonyl (C=O) groups is 1. The van der Waals surface area contributed by atoms with Gasteiger partial charge in [-0.15, -0.1) is 0 Å². The molecule has 0 amide bonds. The highest BCUT2D eigenvalue weighted by atomic mass is 16.5. The van der Waals surface area contributed by atoms with Gasteiger partial charge in [0.05, 0.1) is 6.61 Å². The van der Waals surface area contributed by atoms with Gasteiger partial charge in [-0.1, -0.05) is 76.7 Å². The molecule has 0 atom stereocenters. The summed E-state index contributed by atoms with van der Waals surface area (Å²) in [5, 5.41) is 0. The number of hydrogen-bond donors (Lipinski definition) is 0. The zero-order valence-electron chi connectivity index (χ0n) is 15.5. The van der Waals surface area contributed by atoms with Crippen molar-refractivity contribution in [1.82, 2.24) is 0 Å². The Morgan fingerprint density at radius 3 is 1.59 bits per heavy atom. The molecule has 0 saturated heterocycles. The molecule has 0 N–H and O–H groups in total. The molecule has 22 heavy (non-hydrogen) atoms. The lowest BCUT2D eigenvalue weighted by Gasteiger charge is -2.09. The van der Waals surface area contributed by atoms with Crippen LogP contribution in [0, 0.1) is 0 Å². The Labute approximate surface area is 138 Å². The molecule has 0 aromatic heterocycles. The van der Waals surface area contributed by atoms with E-state index in [0.29, 0.717) is 6.61 Å². The molecular formula is C20H38O2. The zero-order chi connectivity index (χ0) is 16.6. The molecule has 0 radical (unpaired) electrons. The predicted molar refractivity (Wildman–Crippen MR) is 96.1 cm³/mol. The normalized spacial score (nSPS) is 10.5. The number of ether oxygens (including phenoxy) is 1. The second-order valence-electron chi connectivity index (χ2n) is 6.48. The largest absolute Gasteiger partial charge is 0.463 e. The Bertz CT molecular complexity index is 301. The summed E-state index contributed by atoms with van der Waals surface area (Å²) in [5.74, 6) is -0.116. The average molecular weight is 311 g/mol. The minimum atomic E-state index is -0.116. The molecule has 0 aliphatic carbocycles. The SMILES string of the molecule is CCCCCCCCCCCCCC(C(=O)OCC)=C(C)C. The number of allylic oxidation sites excluding steroid dienone is 1. The molecule has 0 rings (SSSR count). The summed E-state index contributed by atoms with van der Waals surface area (Å²) < 4.78 is 5.12. The van der Waals surface area contributed by atoms with Crippen LogP contribution in [0.5, 0.6) is 0 Å². The summed E-state index contributed by atoms with van der Waals surface area (Å²) in [5.41, 5.74) is 1.99. The Morgan fingerprint density at radius 1 is 0.727 bits per heavy atom. The van der Waals surface area contributed by atoms with Crippen LogP contribution in [0.1, 0.15) is 105 Å². The van der Waals surface area contributed by atoms with Crippen LogP contribution in [0.4, 0.5) is 0 Å². The van der Waals surface area contributed by atoms with Gasteiger partial charge in [-0.05, 0) is 33.6 Å². The third kappa shape index (κ3) is 11.8. The van der Waals surface area contributed by atoms with Crippen molar-refractivity contribution >= 4 is 5.97 Å². The first-order chi connectivity index (χ1) is 10.6. The van der Waals surface area contributed by atoms with Crippen LogP contribution in [-0.4, -0.2) is 12.6 Å². The highest BCUT2D eigenvalue weighted by Crippen LogP contribution is 2.17. The maximum absolute atomic E-state index is 11.8. The molecule has 130 valence electrons. The van der Waals surface area contributed by atoms with Crippen molar-refractivity contribution in [1.29, 1.82) is 0 Å². The van der Waals surface area contributed by atoms with Gasteiger partial charge in [-0.25, -0.2) is 4.79 Å². The monoisotopic (exact) mass is 310 g/mol. The van der Waals surface area contributed by atoms with Gasteiger partial charge in [0.1, 0.15) is 0 Å². The fraction of sp³-hybridized carbons (Fsp3) is 0.850. The van der Waals surface area contributed by atoms with Crippen molar-refractivity contribution in [2.45, 2.75) is 105 Å². The number of carbonyl (C=O) groups excluding carboxylic acids is 1. The first kappa shape index (κ1) is 21.2. The number of rotatable bonds is 14. The van der Waals surface area contributed by atoms with Crippen molar-refractivity contribution in [3.8, 4) is 0 Å². The summed E-state index contributed by atoms with van der Waals surface area (Å²) >= 11 is 0. The van der Waals surface area contributed by atoms with E-state index < -0.39 is 0 Å². The lowest BCUT2D eigenvalue weighted by molar-refractivity contribution is -0.138. The van der Waals surface area contributed by atoms with Crippen LogP contribution in [0.15, 0.2) is 11.1 Å². The fourth-order valence-electron chi connectivity index (χ4n) is 2.74. The van der Waals surface area contributed by atoms with Gasteiger partial charge in [0, 0.05) is 5.57 Å². The third-order valence-corrected chi connectivity index (χ3v) is 4.16. The summed E-state index contributed by atoms with van der Waals surface area (Å²) in [6, 6.07) is 0. The molecular weight excluding hydrogens is 272 g/mol. The molecule has 2 heteroatoms. The first-order valence-corrected chi connectivity index (χ1v) is 9.46. The maximum atomic E-state index is 11.8. The topological polar surface area (TPSA) is 26.3 Å². The van der Waals surface area contributed by atoms with Gasteiger partial charge in [0.25, 0.3) is 0 Å². The number of unbranched alkanes of at least 4 members (excludes halogenated alkanes) is 10. The smallest absolute Gasteiger partial charge is 0.333 e. The summed E-state index contributed by atoms with van der Waals surface area (Å²) in [6.07, 6.45) is 15.6. The third-order valence-electron chi connectivity index (χ3n) is 4.16. The second kappa shape index (κ2) is 15.1. The van der Waals surface area contributed by atoms with Crippen LogP contribution in [-0.2, 0) is 9.53 Å². The van der Waals surface area contributed by atoms with Crippen molar-refractivity contribution in [2.75, 3.05) is 6.61 Å². The molecule has 0 aliphatic rings. The summed E-state index contributed by atoms with van der Waals surface area (Å²) in [6.45, 7) is 8.61. The lowest BCUT2D eigenvalue weighted by atomic mass is 10.0. The number of hydrogen-bond acceptors (Lipinski definition) is 2. The Hall–Kier alpha value is -0.790. The van der Waals surface area contributed by atoms with Gasteiger partial charge >= 0.3 is 5.97 Å². The van der Waals surface area contributed by atoms with Crippen molar-refractivity contribution in [3.05, 3.63) is 11.1 Å². The van der Waals surface area contributed by atoms with Crippen LogP contribution < -0.4 is 0 Å². The highest BCUT2D eigenvalue weighted by molar-refractivity contribution is 5.89. The molecule has 2 nitrogen and oxygen atoms in total. The molecule has 0 saturated carbocycles. The molecule has 0 aromatic rings. The second-order valence-corrected chi connectivity index (χ2v) is 6.48. The van der Waals surface area contributed by atoms with Gasteiger partial charge in [0.2, 0.25) is 0 Å². The first-order valence-electron chi connectivity index (χ1n) is 9.46. The Balaban J connectivity index is 3.55. The number of esters is 1. The van der Waals surface area contributed by atoms with Gasteiger partial charge in [0.15, 0.2) is 0 Å². The van der Waals surface area contributed by atoms with E-state index in [1.54, 1.807) is 0 Å². The summed E-state index contributed by atoms with van der Waals surface area (Å²) in [7, 11) is 0. The van der Waals surface area contributed by atoms with Gasteiger partial charge in [-0.2, -0.15) is 0 Å². The average Bonchev–Trinajstić information content (AvgIpc) is 2.48. The fourth-order valence-corrected chi connectivity index (χ4v) is 2.74. The molecule has 0 aromatic carbocycles. The predicted octanol–water partition coefficient (Wildman–Crippen LogP) is 6.59. The molecule has 0 unspecified atom stereocenters. The minimum Gasteiger partial charge on any atom is -0.463 e. The molecule has 0 bridgehead atoms. The van der Waals surface area contributed by atoms with Gasteiger partial charge in [-0.3, -0.25) is 0 Å². The van der Waals surface area contributed by atoms with Crippen LogP contribution in [0.3, 0.4) is 0 Å². The standard InChI is InChI=1S/C20H38O2/c1-5-7-8-9-10-11-12-13-14-15-16-17-19(18(3)4)20(21)22-6-2/h5-17H2,1-4H3. The Morgan fingerprint density at radius 2 is 1.18 bits per heavy atom. The van der Waals surface area contributed by atoms with E-state index in [4.69, 9.17) is 4.74 Å². The Kier molecular flexibility index (Phi) is 14.6. The molecule has 0 fully saturated rings. The quantitative estimate of drug-likeness (QED) is 0.205. The van der Waals surface area contributed by atoms with E-state index in [-0.39, 0.29) is 5.97 Å². The van der Waals surface area contributed by atoms with E-state index in [2.05, 4.69) is 6.92 Å². The van der Waals surface area contributed by atoms with Gasteiger partial charge < -0.3 is 4.74 Å². The zero-order valence-corrected chi connectivity index (χ0v) is 15.5. The van der Waals surface area contributed by atoms with Crippen molar-refractivity contribution in [3.63, 3.8) is 0 Å². The van der Waals surface area contributed by atoms with Crippen molar-refractivity contribution in [2.24, 2.45) is 0 Å².